The van der Waals surface area contributed by atoms with E-state index in [1.54, 1.807) is 5.57 Å². The summed E-state index contributed by atoms with van der Waals surface area (Å²) >= 11 is 0. The molecule has 0 aromatic carbocycles. The van der Waals surface area contributed by atoms with Crippen LogP contribution in [0.2, 0.25) is 0 Å². The second-order valence-electron chi connectivity index (χ2n) is 7.40. The Morgan fingerprint density at radius 1 is 1.55 bits per heavy atom. The predicted molar refractivity (Wildman–Crippen MR) is 85.1 cm³/mol. The molecule has 2 rings (SSSR count). The smallest absolute Gasteiger partial charge is 0.0665 e. The van der Waals surface area contributed by atoms with Gasteiger partial charge in [-0.15, -0.1) is 6.58 Å². The molecule has 110 valence electrons. The Morgan fingerprint density at radius 2 is 2.30 bits per heavy atom. The van der Waals surface area contributed by atoms with Gasteiger partial charge in [-0.1, -0.05) is 37.5 Å². The number of hydrogen-bond donors (Lipinski definition) is 0. The normalized spacial score (nSPS) is 36.7. The van der Waals surface area contributed by atoms with Crippen molar-refractivity contribution in [1.29, 1.82) is 5.26 Å². The first-order valence-corrected chi connectivity index (χ1v) is 8.22. The van der Waals surface area contributed by atoms with Crippen LogP contribution >= 0.6 is 0 Å². The van der Waals surface area contributed by atoms with Crippen LogP contribution in [0.4, 0.5) is 0 Å². The average molecular weight is 271 g/mol. The summed E-state index contributed by atoms with van der Waals surface area (Å²) in [7, 11) is 0. The van der Waals surface area contributed by atoms with E-state index in [0.29, 0.717) is 17.3 Å². The van der Waals surface area contributed by atoms with Gasteiger partial charge >= 0.3 is 0 Å². The van der Waals surface area contributed by atoms with Crippen molar-refractivity contribution in [3.63, 3.8) is 0 Å². The van der Waals surface area contributed by atoms with Crippen molar-refractivity contribution in [3.05, 3.63) is 23.8 Å². The van der Waals surface area contributed by atoms with E-state index in [-0.39, 0.29) is 5.92 Å². The summed E-state index contributed by atoms with van der Waals surface area (Å²) in [6.07, 6.45) is 11.0. The highest BCUT2D eigenvalue weighted by Gasteiger charge is 2.43. The summed E-state index contributed by atoms with van der Waals surface area (Å²) in [5.41, 5.74) is 3.25. The minimum atomic E-state index is 0.246. The molecule has 20 heavy (non-hydrogen) atoms. The summed E-state index contributed by atoms with van der Waals surface area (Å²) in [6.45, 7) is 10.8. The zero-order chi connectivity index (χ0) is 14.8. The molecule has 0 amide bonds. The van der Waals surface area contributed by atoms with Gasteiger partial charge in [-0.05, 0) is 62.7 Å². The van der Waals surface area contributed by atoms with E-state index in [2.05, 4.69) is 39.5 Å². The van der Waals surface area contributed by atoms with E-state index in [1.807, 2.05) is 0 Å². The molecule has 0 aliphatic heterocycles. The number of rotatable bonds is 4. The molecule has 0 radical (unpaired) electrons. The first kappa shape index (κ1) is 15.4. The SMILES string of the molecule is C=C(C)CCC[C@]1(C)CCC[C@@H]2C1=CC[C@@H](C)C2C#N. The van der Waals surface area contributed by atoms with Crippen molar-refractivity contribution in [2.45, 2.75) is 65.7 Å². The van der Waals surface area contributed by atoms with Gasteiger partial charge in [-0.2, -0.15) is 5.26 Å². The fourth-order valence-electron chi connectivity index (χ4n) is 4.35. The van der Waals surface area contributed by atoms with Crippen LogP contribution in [0.15, 0.2) is 23.8 Å². The Bertz CT molecular complexity index is 439. The summed E-state index contributed by atoms with van der Waals surface area (Å²) in [5.74, 6) is 1.31. The van der Waals surface area contributed by atoms with Gasteiger partial charge in [-0.25, -0.2) is 0 Å². The number of hydrogen-bond acceptors (Lipinski definition) is 1. The van der Waals surface area contributed by atoms with Gasteiger partial charge in [0.25, 0.3) is 0 Å². The van der Waals surface area contributed by atoms with Gasteiger partial charge in [0, 0.05) is 0 Å². The average Bonchev–Trinajstić information content (AvgIpc) is 2.38. The van der Waals surface area contributed by atoms with Gasteiger partial charge in [0.05, 0.1) is 12.0 Å². The van der Waals surface area contributed by atoms with Gasteiger partial charge in [0.2, 0.25) is 0 Å². The van der Waals surface area contributed by atoms with Crippen molar-refractivity contribution < 1.29 is 0 Å². The van der Waals surface area contributed by atoms with Crippen LogP contribution in [0, 0.1) is 34.5 Å². The van der Waals surface area contributed by atoms with E-state index >= 15 is 0 Å². The molecule has 0 aromatic rings. The van der Waals surface area contributed by atoms with E-state index in [4.69, 9.17) is 0 Å². The molecule has 0 bridgehead atoms. The Morgan fingerprint density at radius 3 is 2.95 bits per heavy atom. The summed E-state index contributed by atoms with van der Waals surface area (Å²) in [6, 6.07) is 2.61. The molecular formula is C19H29N. The molecule has 2 aliphatic carbocycles. The molecule has 2 aliphatic rings. The van der Waals surface area contributed by atoms with E-state index in [1.165, 1.54) is 37.7 Å². The van der Waals surface area contributed by atoms with Crippen LogP contribution in [-0.2, 0) is 0 Å². The lowest BCUT2D eigenvalue weighted by Crippen LogP contribution is -2.37. The minimum Gasteiger partial charge on any atom is -0.198 e. The highest BCUT2D eigenvalue weighted by atomic mass is 14.5. The van der Waals surface area contributed by atoms with Gasteiger partial charge < -0.3 is 0 Å². The lowest BCUT2D eigenvalue weighted by Gasteiger charge is -2.46. The van der Waals surface area contributed by atoms with Crippen LogP contribution in [-0.4, -0.2) is 0 Å². The van der Waals surface area contributed by atoms with Gasteiger partial charge in [0.1, 0.15) is 0 Å². The Hall–Kier alpha value is -1.03. The van der Waals surface area contributed by atoms with Gasteiger partial charge in [-0.3, -0.25) is 0 Å². The number of nitrogens with zero attached hydrogens (tertiary/aromatic N) is 1. The fraction of sp³-hybridized carbons (Fsp3) is 0.737. The van der Waals surface area contributed by atoms with Crippen LogP contribution in [0.25, 0.3) is 0 Å². The third-order valence-corrected chi connectivity index (χ3v) is 5.58. The maximum atomic E-state index is 9.53. The van der Waals surface area contributed by atoms with E-state index in [9.17, 15) is 5.26 Å². The number of nitriles is 1. The fourth-order valence-corrected chi connectivity index (χ4v) is 4.35. The number of fused-ring (bicyclic) bond motifs is 1. The summed E-state index contributed by atoms with van der Waals surface area (Å²) < 4.78 is 0. The first-order chi connectivity index (χ1) is 9.48. The maximum absolute atomic E-state index is 9.53. The zero-order valence-corrected chi connectivity index (χ0v) is 13.4. The van der Waals surface area contributed by atoms with Crippen LogP contribution in [0.5, 0.6) is 0 Å². The van der Waals surface area contributed by atoms with Crippen molar-refractivity contribution >= 4 is 0 Å². The first-order valence-electron chi connectivity index (χ1n) is 8.22. The molecule has 0 spiro atoms. The van der Waals surface area contributed by atoms with Crippen molar-refractivity contribution in [3.8, 4) is 6.07 Å². The number of allylic oxidation sites excluding steroid dienone is 3. The van der Waals surface area contributed by atoms with Crippen molar-refractivity contribution in [1.82, 2.24) is 0 Å². The predicted octanol–water partition coefficient (Wildman–Crippen LogP) is 5.65. The molecule has 1 fully saturated rings. The Kier molecular flexibility index (Phi) is 4.74. The zero-order valence-electron chi connectivity index (χ0n) is 13.4. The Balaban J connectivity index is 2.14. The minimum absolute atomic E-state index is 0.246. The molecule has 0 aromatic heterocycles. The molecule has 1 saturated carbocycles. The van der Waals surface area contributed by atoms with E-state index < -0.39 is 0 Å². The highest BCUT2D eigenvalue weighted by Crippen LogP contribution is 2.53. The highest BCUT2D eigenvalue weighted by molar-refractivity contribution is 5.25. The second-order valence-corrected chi connectivity index (χ2v) is 7.40. The van der Waals surface area contributed by atoms with Crippen LogP contribution < -0.4 is 0 Å². The molecule has 0 heterocycles. The van der Waals surface area contributed by atoms with Crippen LogP contribution in [0.3, 0.4) is 0 Å². The quantitative estimate of drug-likeness (QED) is 0.606. The maximum Gasteiger partial charge on any atom is 0.0665 e. The molecule has 0 N–H and O–H groups in total. The molecule has 1 unspecified atom stereocenters. The largest absolute Gasteiger partial charge is 0.198 e. The third-order valence-electron chi connectivity index (χ3n) is 5.58. The second kappa shape index (κ2) is 6.17. The van der Waals surface area contributed by atoms with Crippen molar-refractivity contribution in [2.75, 3.05) is 0 Å². The molecule has 0 saturated heterocycles. The molecule has 1 heteroatoms. The lowest BCUT2D eigenvalue weighted by atomic mass is 9.57. The third kappa shape index (κ3) is 3.00. The standard InChI is InChI=1S/C19H29N/c1-14(2)7-5-11-19(4)12-6-8-16-17(13-20)15(3)9-10-18(16)19/h10,15-17H,1,5-9,11-12H2,2-4H3/t15-,16+,17?,19-/m1/s1. The van der Waals surface area contributed by atoms with Gasteiger partial charge in [0.15, 0.2) is 0 Å². The molecular weight excluding hydrogens is 242 g/mol. The Labute approximate surface area is 124 Å². The summed E-state index contributed by atoms with van der Waals surface area (Å²) in [5, 5.41) is 9.53. The van der Waals surface area contributed by atoms with Crippen LogP contribution in [0.1, 0.15) is 65.7 Å². The monoisotopic (exact) mass is 271 g/mol. The molecule has 1 nitrogen and oxygen atoms in total. The molecule has 4 atom stereocenters. The summed E-state index contributed by atoms with van der Waals surface area (Å²) in [4.78, 5) is 0. The van der Waals surface area contributed by atoms with Crippen molar-refractivity contribution in [2.24, 2.45) is 23.2 Å². The topological polar surface area (TPSA) is 23.8 Å². The van der Waals surface area contributed by atoms with E-state index in [0.717, 1.165) is 12.8 Å². The lowest BCUT2D eigenvalue weighted by molar-refractivity contribution is 0.174.